The third kappa shape index (κ3) is 3.33. The lowest BCUT2D eigenvalue weighted by Gasteiger charge is -2.30. The fourth-order valence-corrected chi connectivity index (χ4v) is 2.10. The monoisotopic (exact) mass is 241 g/mol. The van der Waals surface area contributed by atoms with Gasteiger partial charge in [-0.2, -0.15) is 0 Å². The molecule has 6 nitrogen and oxygen atoms in total. The summed E-state index contributed by atoms with van der Waals surface area (Å²) >= 11 is 0. The Morgan fingerprint density at radius 1 is 1.29 bits per heavy atom. The van der Waals surface area contributed by atoms with Crippen LogP contribution < -0.4 is 5.32 Å². The molecule has 1 N–H and O–H groups in total. The van der Waals surface area contributed by atoms with Crippen molar-refractivity contribution < 1.29 is 14.3 Å². The molecule has 6 heteroatoms. The number of hydrogen-bond donors (Lipinski definition) is 1. The van der Waals surface area contributed by atoms with E-state index >= 15 is 0 Å². The zero-order valence-corrected chi connectivity index (χ0v) is 9.98. The summed E-state index contributed by atoms with van der Waals surface area (Å²) in [5.74, 6) is 0.130. The standard InChI is InChI=1S/C11H19N3O3/c15-10(13-7-3-12-4-8-13)2-6-14-5-1-9-17-11(14)16/h12H,1-9H2. The summed E-state index contributed by atoms with van der Waals surface area (Å²) in [5.41, 5.74) is 0. The van der Waals surface area contributed by atoms with Gasteiger partial charge in [0.15, 0.2) is 0 Å². The molecule has 96 valence electrons. The van der Waals surface area contributed by atoms with E-state index in [1.165, 1.54) is 0 Å². The maximum Gasteiger partial charge on any atom is 0.409 e. The molecule has 0 aliphatic carbocycles. The minimum Gasteiger partial charge on any atom is -0.449 e. The van der Waals surface area contributed by atoms with Crippen molar-refractivity contribution in [2.45, 2.75) is 12.8 Å². The van der Waals surface area contributed by atoms with Crippen LogP contribution >= 0.6 is 0 Å². The maximum atomic E-state index is 11.9. The molecule has 2 aliphatic heterocycles. The Bertz CT molecular complexity index is 290. The van der Waals surface area contributed by atoms with E-state index in [2.05, 4.69) is 5.32 Å². The van der Waals surface area contributed by atoms with Crippen LogP contribution in [-0.4, -0.2) is 67.7 Å². The summed E-state index contributed by atoms with van der Waals surface area (Å²) in [4.78, 5) is 26.7. The highest BCUT2D eigenvalue weighted by molar-refractivity contribution is 5.77. The van der Waals surface area contributed by atoms with Crippen LogP contribution in [0.1, 0.15) is 12.8 Å². The highest BCUT2D eigenvalue weighted by atomic mass is 16.6. The van der Waals surface area contributed by atoms with Crippen LogP contribution in [0.3, 0.4) is 0 Å². The fraction of sp³-hybridized carbons (Fsp3) is 0.818. The lowest BCUT2D eigenvalue weighted by molar-refractivity contribution is -0.132. The number of piperazine rings is 1. The van der Waals surface area contributed by atoms with Crippen molar-refractivity contribution in [3.63, 3.8) is 0 Å². The molecule has 2 rings (SSSR count). The molecule has 0 radical (unpaired) electrons. The third-order valence-corrected chi connectivity index (χ3v) is 3.12. The average molecular weight is 241 g/mol. The average Bonchev–Trinajstić information content (AvgIpc) is 2.38. The van der Waals surface area contributed by atoms with E-state index in [4.69, 9.17) is 4.74 Å². The molecule has 0 aromatic rings. The van der Waals surface area contributed by atoms with Gasteiger partial charge in [-0.25, -0.2) is 4.79 Å². The van der Waals surface area contributed by atoms with E-state index in [1.54, 1.807) is 4.90 Å². The summed E-state index contributed by atoms with van der Waals surface area (Å²) in [6, 6.07) is 0. The molecule has 17 heavy (non-hydrogen) atoms. The van der Waals surface area contributed by atoms with Gasteiger partial charge in [0.2, 0.25) is 5.91 Å². The van der Waals surface area contributed by atoms with Gasteiger partial charge in [0.25, 0.3) is 0 Å². The summed E-state index contributed by atoms with van der Waals surface area (Å²) in [5, 5.41) is 3.20. The van der Waals surface area contributed by atoms with E-state index in [0.717, 1.165) is 32.6 Å². The maximum absolute atomic E-state index is 11.9. The Hall–Kier alpha value is -1.30. The van der Waals surface area contributed by atoms with E-state index in [1.807, 2.05) is 4.90 Å². The van der Waals surface area contributed by atoms with Crippen LogP contribution in [0.2, 0.25) is 0 Å². The number of carbonyl (C=O) groups is 2. The number of carbonyl (C=O) groups excluding carboxylic acids is 2. The van der Waals surface area contributed by atoms with Gasteiger partial charge in [-0.3, -0.25) is 4.79 Å². The fourth-order valence-electron chi connectivity index (χ4n) is 2.10. The number of nitrogens with one attached hydrogen (secondary N) is 1. The van der Waals surface area contributed by atoms with E-state index in [9.17, 15) is 9.59 Å². The number of nitrogens with zero attached hydrogens (tertiary/aromatic N) is 2. The molecule has 0 spiro atoms. The van der Waals surface area contributed by atoms with Gasteiger partial charge in [0, 0.05) is 45.7 Å². The predicted octanol–water partition coefficient (Wildman–Crippen LogP) is -0.349. The summed E-state index contributed by atoms with van der Waals surface area (Å²) in [6.07, 6.45) is 0.965. The Labute approximate surface area is 101 Å². The Balaban J connectivity index is 1.73. The van der Waals surface area contributed by atoms with Crippen molar-refractivity contribution in [3.05, 3.63) is 0 Å². The third-order valence-electron chi connectivity index (χ3n) is 3.12. The van der Waals surface area contributed by atoms with E-state index in [-0.39, 0.29) is 12.0 Å². The van der Waals surface area contributed by atoms with Gasteiger partial charge >= 0.3 is 6.09 Å². The predicted molar refractivity (Wildman–Crippen MR) is 61.6 cm³/mol. The van der Waals surface area contributed by atoms with Gasteiger partial charge in [0.05, 0.1) is 6.61 Å². The van der Waals surface area contributed by atoms with Crippen LogP contribution in [0.25, 0.3) is 0 Å². The molecule has 0 aromatic carbocycles. The number of hydrogen-bond acceptors (Lipinski definition) is 4. The number of rotatable bonds is 3. The number of ether oxygens (including phenoxy) is 1. The molecular formula is C11H19N3O3. The summed E-state index contributed by atoms with van der Waals surface area (Å²) < 4.78 is 4.92. The first kappa shape index (κ1) is 12.2. The van der Waals surface area contributed by atoms with Crippen LogP contribution in [0.4, 0.5) is 4.79 Å². The summed E-state index contributed by atoms with van der Waals surface area (Å²) in [6.45, 7) is 4.93. The second kappa shape index (κ2) is 5.86. The molecule has 2 aliphatic rings. The van der Waals surface area contributed by atoms with Crippen LogP contribution in [0.5, 0.6) is 0 Å². The van der Waals surface area contributed by atoms with E-state index < -0.39 is 0 Å². The van der Waals surface area contributed by atoms with Gasteiger partial charge in [-0.05, 0) is 6.42 Å². The van der Waals surface area contributed by atoms with Crippen molar-refractivity contribution in [2.24, 2.45) is 0 Å². The van der Waals surface area contributed by atoms with Crippen molar-refractivity contribution in [1.82, 2.24) is 15.1 Å². The molecule has 0 saturated carbocycles. The van der Waals surface area contributed by atoms with Crippen molar-refractivity contribution in [1.29, 1.82) is 0 Å². The van der Waals surface area contributed by atoms with Crippen molar-refractivity contribution in [3.8, 4) is 0 Å². The minimum absolute atomic E-state index is 0.130. The first-order chi connectivity index (χ1) is 8.27. The molecular weight excluding hydrogens is 222 g/mol. The largest absolute Gasteiger partial charge is 0.449 e. The van der Waals surface area contributed by atoms with Gasteiger partial charge in [-0.15, -0.1) is 0 Å². The first-order valence-electron chi connectivity index (χ1n) is 6.17. The SMILES string of the molecule is O=C(CCN1CCCOC1=O)N1CCNCC1. The molecule has 0 bridgehead atoms. The summed E-state index contributed by atoms with van der Waals surface area (Å²) in [7, 11) is 0. The molecule has 0 atom stereocenters. The first-order valence-corrected chi connectivity index (χ1v) is 6.17. The number of cyclic esters (lactones) is 1. The highest BCUT2D eigenvalue weighted by Gasteiger charge is 2.22. The zero-order chi connectivity index (χ0) is 12.1. The number of amides is 2. The molecule has 0 unspecified atom stereocenters. The minimum atomic E-state index is -0.288. The molecule has 2 fully saturated rings. The van der Waals surface area contributed by atoms with Gasteiger partial charge in [-0.1, -0.05) is 0 Å². The second-order valence-corrected chi connectivity index (χ2v) is 4.34. The molecule has 2 heterocycles. The Kier molecular flexibility index (Phi) is 4.19. The molecule has 2 amide bonds. The van der Waals surface area contributed by atoms with Crippen LogP contribution in [-0.2, 0) is 9.53 Å². The Morgan fingerprint density at radius 3 is 2.76 bits per heavy atom. The van der Waals surface area contributed by atoms with Gasteiger partial charge < -0.3 is 19.9 Å². The lowest BCUT2D eigenvalue weighted by Crippen LogP contribution is -2.47. The smallest absolute Gasteiger partial charge is 0.409 e. The van der Waals surface area contributed by atoms with Gasteiger partial charge in [0.1, 0.15) is 0 Å². The van der Waals surface area contributed by atoms with Crippen LogP contribution in [0, 0.1) is 0 Å². The van der Waals surface area contributed by atoms with E-state index in [0.29, 0.717) is 26.1 Å². The Morgan fingerprint density at radius 2 is 2.06 bits per heavy atom. The van der Waals surface area contributed by atoms with Crippen molar-refractivity contribution in [2.75, 3.05) is 45.9 Å². The molecule has 2 saturated heterocycles. The topological polar surface area (TPSA) is 61.9 Å². The lowest BCUT2D eigenvalue weighted by atomic mass is 10.2. The van der Waals surface area contributed by atoms with Crippen LogP contribution in [0.15, 0.2) is 0 Å². The zero-order valence-electron chi connectivity index (χ0n) is 9.98. The highest BCUT2D eigenvalue weighted by Crippen LogP contribution is 2.06. The second-order valence-electron chi connectivity index (χ2n) is 4.34. The normalized spacial score (nSPS) is 21.3. The van der Waals surface area contributed by atoms with Crippen molar-refractivity contribution >= 4 is 12.0 Å². The molecule has 0 aromatic heterocycles. The quantitative estimate of drug-likeness (QED) is 0.733.